The van der Waals surface area contributed by atoms with Gasteiger partial charge in [0, 0.05) is 15.4 Å². The molecule has 0 spiro atoms. The molecule has 0 aliphatic heterocycles. The fraction of sp³-hybridized carbons (Fsp3) is 0.0833. The summed E-state index contributed by atoms with van der Waals surface area (Å²) in [4.78, 5) is 7.97. The van der Waals surface area contributed by atoms with E-state index in [0.717, 1.165) is 26.9 Å². The summed E-state index contributed by atoms with van der Waals surface area (Å²) in [6.07, 6.45) is 0. The predicted molar refractivity (Wildman–Crippen MR) is 71.8 cm³/mol. The first-order valence-corrected chi connectivity index (χ1v) is 6.66. The number of benzene rings is 1. The lowest BCUT2D eigenvalue weighted by Crippen LogP contribution is -1.77. The Balaban J connectivity index is 2.27. The van der Waals surface area contributed by atoms with E-state index in [2.05, 4.69) is 61.8 Å². The molecule has 16 heavy (non-hydrogen) atoms. The summed E-state index contributed by atoms with van der Waals surface area (Å²) in [5, 5.41) is 4.16. The smallest absolute Gasteiger partial charge is 0.139 e. The van der Waals surface area contributed by atoms with Crippen molar-refractivity contribution in [2.75, 3.05) is 0 Å². The summed E-state index contributed by atoms with van der Waals surface area (Å²) in [6.45, 7) is 2.07. The molecule has 2 heterocycles. The zero-order valence-electron chi connectivity index (χ0n) is 8.62. The number of fused-ring (bicyclic) bond motifs is 1. The zero-order chi connectivity index (χ0) is 11.1. The molecule has 0 amide bonds. The number of halogens is 1. The van der Waals surface area contributed by atoms with Crippen LogP contribution in [0.1, 0.15) is 5.56 Å². The van der Waals surface area contributed by atoms with Crippen LogP contribution in [0.3, 0.4) is 0 Å². The van der Waals surface area contributed by atoms with Gasteiger partial charge >= 0.3 is 0 Å². The highest BCUT2D eigenvalue weighted by Crippen LogP contribution is 2.26. The molecule has 0 saturated heterocycles. The van der Waals surface area contributed by atoms with Gasteiger partial charge < -0.3 is 4.98 Å². The number of hydrogen-bond donors (Lipinski definition) is 1. The molecule has 2 aromatic heterocycles. The molecule has 0 atom stereocenters. The molecular formula is C12H9BrN2S. The largest absolute Gasteiger partial charge is 0.338 e. The Hall–Kier alpha value is -1.13. The number of rotatable bonds is 1. The first kappa shape index (κ1) is 10.1. The molecule has 1 aromatic carbocycles. The average Bonchev–Trinajstić information content (AvgIpc) is 2.82. The van der Waals surface area contributed by atoms with Gasteiger partial charge in [-0.2, -0.15) is 11.3 Å². The molecule has 0 unspecified atom stereocenters. The molecule has 3 aromatic rings. The highest BCUT2D eigenvalue weighted by molar-refractivity contribution is 9.10. The van der Waals surface area contributed by atoms with Crippen LogP contribution in [0.5, 0.6) is 0 Å². The van der Waals surface area contributed by atoms with E-state index in [4.69, 9.17) is 0 Å². The van der Waals surface area contributed by atoms with Crippen LogP contribution in [-0.2, 0) is 0 Å². The maximum atomic E-state index is 4.63. The minimum atomic E-state index is 0.942. The monoisotopic (exact) mass is 292 g/mol. The van der Waals surface area contributed by atoms with Crippen molar-refractivity contribution >= 4 is 38.3 Å². The summed E-state index contributed by atoms with van der Waals surface area (Å²) in [6, 6.07) is 6.22. The van der Waals surface area contributed by atoms with Gasteiger partial charge in [-0.15, -0.1) is 0 Å². The van der Waals surface area contributed by atoms with Gasteiger partial charge in [-0.25, -0.2) is 4.98 Å². The molecule has 2 nitrogen and oxygen atoms in total. The van der Waals surface area contributed by atoms with Crippen LogP contribution in [0, 0.1) is 6.92 Å². The maximum absolute atomic E-state index is 4.63. The molecule has 0 fully saturated rings. The van der Waals surface area contributed by atoms with Crippen molar-refractivity contribution in [1.82, 2.24) is 9.97 Å². The van der Waals surface area contributed by atoms with Crippen molar-refractivity contribution < 1.29 is 0 Å². The second-order valence-electron chi connectivity index (χ2n) is 3.72. The number of nitrogens with zero attached hydrogens (tertiary/aromatic N) is 1. The summed E-state index contributed by atoms with van der Waals surface area (Å²) in [5.74, 6) is 0.942. The van der Waals surface area contributed by atoms with Crippen molar-refractivity contribution in [2.24, 2.45) is 0 Å². The number of imidazole rings is 1. The number of hydrogen-bond acceptors (Lipinski definition) is 2. The zero-order valence-corrected chi connectivity index (χ0v) is 11.0. The van der Waals surface area contributed by atoms with Crippen molar-refractivity contribution in [2.45, 2.75) is 6.92 Å². The Morgan fingerprint density at radius 3 is 3.00 bits per heavy atom. The lowest BCUT2D eigenvalue weighted by atomic mass is 10.2. The molecule has 0 aliphatic rings. The van der Waals surface area contributed by atoms with Gasteiger partial charge in [0.2, 0.25) is 0 Å². The topological polar surface area (TPSA) is 28.7 Å². The number of aromatic amines is 1. The first-order valence-electron chi connectivity index (χ1n) is 4.92. The van der Waals surface area contributed by atoms with E-state index >= 15 is 0 Å². The molecule has 4 heteroatoms. The molecule has 0 aliphatic carbocycles. The summed E-state index contributed by atoms with van der Waals surface area (Å²) in [5.41, 5.74) is 4.45. The van der Waals surface area contributed by atoms with Crippen molar-refractivity contribution in [3.8, 4) is 11.4 Å². The lowest BCUT2D eigenvalue weighted by molar-refractivity contribution is 1.34. The number of H-pyrrole nitrogens is 1. The third-order valence-corrected chi connectivity index (χ3v) is 3.68. The van der Waals surface area contributed by atoms with Crippen molar-refractivity contribution in [3.05, 3.63) is 39.0 Å². The number of nitrogens with one attached hydrogen (secondary N) is 1. The van der Waals surface area contributed by atoms with E-state index in [1.54, 1.807) is 11.3 Å². The standard InChI is InChI=1S/C12H9BrN2S/c1-7-4-9(13)5-10-11(7)15-12(14-10)8-2-3-16-6-8/h2-6H,1H3,(H,14,15). The SMILES string of the molecule is Cc1cc(Br)cc2[nH]c(-c3ccsc3)nc12. The molecule has 80 valence electrons. The summed E-state index contributed by atoms with van der Waals surface area (Å²) < 4.78 is 1.08. The Labute approximate surface area is 105 Å². The minimum absolute atomic E-state index is 0.942. The van der Waals surface area contributed by atoms with Gasteiger partial charge in [-0.1, -0.05) is 15.9 Å². The summed E-state index contributed by atoms with van der Waals surface area (Å²) >= 11 is 5.18. The van der Waals surface area contributed by atoms with E-state index in [1.807, 2.05) is 0 Å². The van der Waals surface area contributed by atoms with Crippen molar-refractivity contribution in [1.29, 1.82) is 0 Å². The maximum Gasteiger partial charge on any atom is 0.139 e. The van der Waals surface area contributed by atoms with E-state index in [-0.39, 0.29) is 0 Å². The molecule has 1 N–H and O–H groups in total. The fourth-order valence-electron chi connectivity index (χ4n) is 1.78. The molecule has 0 radical (unpaired) electrons. The van der Waals surface area contributed by atoms with Gasteiger partial charge in [0.15, 0.2) is 0 Å². The Kier molecular flexibility index (Phi) is 2.33. The minimum Gasteiger partial charge on any atom is -0.338 e. The number of thiophene rings is 1. The van der Waals surface area contributed by atoms with Crippen LogP contribution in [0.4, 0.5) is 0 Å². The number of aromatic nitrogens is 2. The third-order valence-electron chi connectivity index (χ3n) is 2.54. The van der Waals surface area contributed by atoms with Gasteiger partial charge in [0.25, 0.3) is 0 Å². The lowest BCUT2D eigenvalue weighted by Gasteiger charge is -1.94. The van der Waals surface area contributed by atoms with Crippen LogP contribution >= 0.6 is 27.3 Å². The van der Waals surface area contributed by atoms with E-state index in [0.29, 0.717) is 0 Å². The van der Waals surface area contributed by atoms with Crippen LogP contribution in [0.15, 0.2) is 33.4 Å². The predicted octanol–water partition coefficient (Wildman–Crippen LogP) is 4.36. The fourth-order valence-corrected chi connectivity index (χ4v) is 3.00. The van der Waals surface area contributed by atoms with E-state index in [9.17, 15) is 0 Å². The summed E-state index contributed by atoms with van der Waals surface area (Å²) in [7, 11) is 0. The highest BCUT2D eigenvalue weighted by Gasteiger charge is 2.08. The van der Waals surface area contributed by atoms with E-state index in [1.165, 1.54) is 5.56 Å². The quantitative estimate of drug-likeness (QED) is 0.709. The first-order chi connectivity index (χ1) is 7.74. The van der Waals surface area contributed by atoms with Crippen LogP contribution in [-0.4, -0.2) is 9.97 Å². The Morgan fingerprint density at radius 1 is 1.38 bits per heavy atom. The van der Waals surface area contributed by atoms with Crippen LogP contribution in [0.25, 0.3) is 22.4 Å². The van der Waals surface area contributed by atoms with Crippen molar-refractivity contribution in [3.63, 3.8) is 0 Å². The Morgan fingerprint density at radius 2 is 2.25 bits per heavy atom. The molecular weight excluding hydrogens is 284 g/mol. The van der Waals surface area contributed by atoms with E-state index < -0.39 is 0 Å². The highest BCUT2D eigenvalue weighted by atomic mass is 79.9. The van der Waals surface area contributed by atoms with Gasteiger partial charge in [0.1, 0.15) is 5.82 Å². The molecule has 0 saturated carbocycles. The Bertz CT molecular complexity index is 640. The van der Waals surface area contributed by atoms with Crippen LogP contribution < -0.4 is 0 Å². The normalized spacial score (nSPS) is 11.1. The van der Waals surface area contributed by atoms with Gasteiger partial charge in [-0.05, 0) is 36.1 Å². The second-order valence-corrected chi connectivity index (χ2v) is 5.41. The second kappa shape index (κ2) is 3.71. The van der Waals surface area contributed by atoms with Gasteiger partial charge in [-0.3, -0.25) is 0 Å². The van der Waals surface area contributed by atoms with Crippen LogP contribution in [0.2, 0.25) is 0 Å². The molecule has 0 bridgehead atoms. The average molecular weight is 293 g/mol. The number of aryl methyl sites for hydroxylation is 1. The van der Waals surface area contributed by atoms with Gasteiger partial charge in [0.05, 0.1) is 11.0 Å². The third kappa shape index (κ3) is 1.58. The molecule has 3 rings (SSSR count).